The standard InChI is InChI=1S/C22H30N6O4/c1-5-7-11-28-19(24)18(21(31)26-22(28)32)27(10-6-2)17(29)9-8-15-13(3)16(12-23)20(30)25-14(15)4/h5-11,24H2,1-4H3,(H,25,30)(H,26,31,32). The van der Waals surface area contributed by atoms with Crippen molar-refractivity contribution in [2.45, 2.75) is 66.3 Å². The van der Waals surface area contributed by atoms with Crippen molar-refractivity contribution in [3.05, 3.63) is 53.6 Å². The van der Waals surface area contributed by atoms with Gasteiger partial charge in [-0.05, 0) is 44.2 Å². The van der Waals surface area contributed by atoms with Crippen LogP contribution in [0.15, 0.2) is 14.4 Å². The number of hydrogen-bond donors (Lipinski definition) is 3. The number of carbonyl (C=O) groups excluding carboxylic acids is 1. The predicted octanol–water partition coefficient (Wildman–Crippen LogP) is 1.47. The second-order valence-electron chi connectivity index (χ2n) is 7.71. The number of nitrogen functional groups attached to an aromatic ring is 1. The number of nitrogens with one attached hydrogen (secondary N) is 2. The van der Waals surface area contributed by atoms with Crippen LogP contribution in [0.25, 0.3) is 0 Å². The van der Waals surface area contributed by atoms with Crippen LogP contribution in [0.4, 0.5) is 11.5 Å². The third-order valence-electron chi connectivity index (χ3n) is 5.48. The fraction of sp³-hybridized carbons (Fsp3) is 0.500. The molecule has 0 spiro atoms. The third-order valence-corrected chi connectivity index (χ3v) is 5.48. The lowest BCUT2D eigenvalue weighted by atomic mass is 9.99. The first-order valence-corrected chi connectivity index (χ1v) is 10.7. The van der Waals surface area contributed by atoms with Gasteiger partial charge in [-0.25, -0.2) is 4.79 Å². The Labute approximate surface area is 185 Å². The fourth-order valence-corrected chi connectivity index (χ4v) is 3.75. The number of anilines is 2. The Morgan fingerprint density at radius 2 is 1.81 bits per heavy atom. The van der Waals surface area contributed by atoms with E-state index in [0.717, 1.165) is 6.42 Å². The van der Waals surface area contributed by atoms with Gasteiger partial charge in [-0.15, -0.1) is 0 Å². The van der Waals surface area contributed by atoms with Gasteiger partial charge in [0.15, 0.2) is 5.69 Å². The van der Waals surface area contributed by atoms with Crippen LogP contribution < -0.4 is 27.4 Å². The monoisotopic (exact) mass is 442 g/mol. The topological polar surface area (TPSA) is 158 Å². The van der Waals surface area contributed by atoms with Gasteiger partial charge in [0.05, 0.1) is 0 Å². The first kappa shape index (κ1) is 24.7. The molecule has 172 valence electrons. The zero-order valence-electron chi connectivity index (χ0n) is 19.0. The van der Waals surface area contributed by atoms with E-state index in [1.54, 1.807) is 13.8 Å². The number of aromatic nitrogens is 3. The van der Waals surface area contributed by atoms with Gasteiger partial charge >= 0.3 is 5.69 Å². The second-order valence-corrected chi connectivity index (χ2v) is 7.71. The summed E-state index contributed by atoms with van der Waals surface area (Å²) in [5.74, 6) is -0.370. The number of nitrogens with two attached hydrogens (primary N) is 1. The lowest BCUT2D eigenvalue weighted by Gasteiger charge is -2.24. The van der Waals surface area contributed by atoms with Crippen LogP contribution in [-0.2, 0) is 17.8 Å². The summed E-state index contributed by atoms with van der Waals surface area (Å²) in [5.41, 5.74) is 6.24. The maximum Gasteiger partial charge on any atom is 0.330 e. The molecule has 0 atom stereocenters. The predicted molar refractivity (Wildman–Crippen MR) is 123 cm³/mol. The van der Waals surface area contributed by atoms with Gasteiger partial charge in [-0.3, -0.25) is 23.9 Å². The van der Waals surface area contributed by atoms with Crippen LogP contribution in [0.5, 0.6) is 0 Å². The molecular weight excluding hydrogens is 412 g/mol. The molecule has 0 saturated heterocycles. The molecule has 10 nitrogen and oxygen atoms in total. The highest BCUT2D eigenvalue weighted by Crippen LogP contribution is 2.21. The van der Waals surface area contributed by atoms with Crippen molar-refractivity contribution in [1.82, 2.24) is 14.5 Å². The summed E-state index contributed by atoms with van der Waals surface area (Å²) >= 11 is 0. The highest BCUT2D eigenvalue weighted by molar-refractivity contribution is 5.95. The smallest absolute Gasteiger partial charge is 0.330 e. The van der Waals surface area contributed by atoms with E-state index in [1.165, 1.54) is 9.47 Å². The molecule has 2 aromatic heterocycles. The molecule has 0 aliphatic carbocycles. The summed E-state index contributed by atoms with van der Waals surface area (Å²) in [6, 6.07) is 1.90. The Morgan fingerprint density at radius 3 is 2.41 bits per heavy atom. The van der Waals surface area contributed by atoms with Crippen molar-refractivity contribution in [1.29, 1.82) is 5.26 Å². The van der Waals surface area contributed by atoms with E-state index in [-0.39, 0.29) is 42.4 Å². The van der Waals surface area contributed by atoms with Gasteiger partial charge in [0.1, 0.15) is 17.5 Å². The van der Waals surface area contributed by atoms with Gasteiger partial charge < -0.3 is 15.6 Å². The van der Waals surface area contributed by atoms with Gasteiger partial charge in [0.2, 0.25) is 5.91 Å². The Kier molecular flexibility index (Phi) is 8.18. The number of nitriles is 1. The van der Waals surface area contributed by atoms with Gasteiger partial charge in [-0.1, -0.05) is 20.3 Å². The molecule has 0 aromatic carbocycles. The molecular formula is C22H30N6O4. The molecule has 0 aliphatic rings. The quantitative estimate of drug-likeness (QED) is 0.533. The zero-order valence-corrected chi connectivity index (χ0v) is 19.0. The largest absolute Gasteiger partial charge is 0.383 e. The van der Waals surface area contributed by atoms with Crippen LogP contribution in [-0.4, -0.2) is 27.0 Å². The van der Waals surface area contributed by atoms with Crippen LogP contribution in [0, 0.1) is 25.2 Å². The van der Waals surface area contributed by atoms with Crippen LogP contribution in [0.3, 0.4) is 0 Å². The highest BCUT2D eigenvalue weighted by Gasteiger charge is 2.24. The Balaban J connectivity index is 2.42. The van der Waals surface area contributed by atoms with Crippen molar-refractivity contribution in [2.24, 2.45) is 0 Å². The fourth-order valence-electron chi connectivity index (χ4n) is 3.75. The number of hydrogen-bond acceptors (Lipinski definition) is 6. The number of pyridine rings is 1. The minimum atomic E-state index is -0.704. The van der Waals surface area contributed by atoms with Crippen molar-refractivity contribution in [3.8, 4) is 6.07 Å². The number of unbranched alkanes of at least 4 members (excludes halogenated alkanes) is 1. The van der Waals surface area contributed by atoms with Gasteiger partial charge in [0, 0.05) is 25.2 Å². The van der Waals surface area contributed by atoms with Crippen LogP contribution in [0.2, 0.25) is 0 Å². The van der Waals surface area contributed by atoms with E-state index in [4.69, 9.17) is 5.73 Å². The van der Waals surface area contributed by atoms with Gasteiger partial charge in [-0.2, -0.15) is 5.26 Å². The molecule has 4 N–H and O–H groups in total. The van der Waals surface area contributed by atoms with E-state index < -0.39 is 16.8 Å². The molecule has 2 heterocycles. The zero-order chi connectivity index (χ0) is 24.0. The van der Waals surface area contributed by atoms with E-state index in [1.807, 2.05) is 19.9 Å². The first-order valence-electron chi connectivity index (χ1n) is 10.7. The number of aromatic amines is 2. The molecule has 0 radical (unpaired) electrons. The molecule has 0 fully saturated rings. The number of nitrogens with zero attached hydrogens (tertiary/aromatic N) is 3. The minimum Gasteiger partial charge on any atom is -0.383 e. The lowest BCUT2D eigenvalue weighted by Crippen LogP contribution is -2.41. The first-order chi connectivity index (χ1) is 15.2. The van der Waals surface area contributed by atoms with E-state index in [9.17, 15) is 24.4 Å². The molecule has 0 unspecified atom stereocenters. The number of rotatable bonds is 9. The summed E-state index contributed by atoms with van der Waals surface area (Å²) in [6.45, 7) is 7.82. The lowest BCUT2D eigenvalue weighted by molar-refractivity contribution is -0.118. The van der Waals surface area contributed by atoms with E-state index >= 15 is 0 Å². The molecule has 1 amide bonds. The average molecular weight is 443 g/mol. The highest BCUT2D eigenvalue weighted by atomic mass is 16.2. The number of aryl methyl sites for hydroxylation is 1. The molecule has 2 aromatic rings. The molecule has 0 bridgehead atoms. The summed E-state index contributed by atoms with van der Waals surface area (Å²) in [6.07, 6.45) is 2.42. The van der Waals surface area contributed by atoms with Crippen LogP contribution in [0.1, 0.15) is 61.9 Å². The normalized spacial score (nSPS) is 10.7. The number of carbonyl (C=O) groups is 1. The third kappa shape index (κ3) is 4.99. The second kappa shape index (κ2) is 10.6. The minimum absolute atomic E-state index is 0.0205. The summed E-state index contributed by atoms with van der Waals surface area (Å²) in [7, 11) is 0. The molecule has 2 rings (SSSR count). The SMILES string of the molecule is CCCCn1c(N)c(N(CCC)C(=O)CCc2c(C)[nH]c(=O)c(C#N)c2C)c(=O)[nH]c1=O. The number of H-pyrrole nitrogens is 2. The van der Waals surface area contributed by atoms with Crippen molar-refractivity contribution >= 4 is 17.4 Å². The Hall–Kier alpha value is -3.61. The van der Waals surface area contributed by atoms with E-state index in [2.05, 4.69) is 9.97 Å². The maximum atomic E-state index is 13.2. The molecule has 0 saturated carbocycles. The maximum absolute atomic E-state index is 13.2. The molecule has 0 aliphatic heterocycles. The van der Waals surface area contributed by atoms with E-state index in [0.29, 0.717) is 36.2 Å². The Morgan fingerprint density at radius 1 is 1.12 bits per heavy atom. The summed E-state index contributed by atoms with van der Waals surface area (Å²) in [5, 5.41) is 9.24. The van der Waals surface area contributed by atoms with Crippen LogP contribution >= 0.6 is 0 Å². The average Bonchev–Trinajstić information content (AvgIpc) is 2.72. The summed E-state index contributed by atoms with van der Waals surface area (Å²) in [4.78, 5) is 56.1. The number of amides is 1. The summed E-state index contributed by atoms with van der Waals surface area (Å²) < 4.78 is 1.28. The Bertz CT molecular complexity index is 1220. The molecule has 10 heteroatoms. The van der Waals surface area contributed by atoms with Crippen molar-refractivity contribution < 1.29 is 4.79 Å². The molecule has 32 heavy (non-hydrogen) atoms. The van der Waals surface area contributed by atoms with Gasteiger partial charge in [0.25, 0.3) is 11.1 Å². The van der Waals surface area contributed by atoms with Crippen molar-refractivity contribution in [3.63, 3.8) is 0 Å². The van der Waals surface area contributed by atoms with Crippen molar-refractivity contribution in [2.75, 3.05) is 17.2 Å².